The Morgan fingerprint density at radius 3 is 2.76 bits per heavy atom. The van der Waals surface area contributed by atoms with Crippen molar-refractivity contribution in [3.05, 3.63) is 54.7 Å². The molecule has 2 heteroatoms. The fourth-order valence-corrected chi connectivity index (χ4v) is 2.10. The SMILES string of the molecule is COc1ccccc1-c1ccc2cc[nH]c2c1. The molecule has 0 unspecified atom stereocenters. The van der Waals surface area contributed by atoms with Gasteiger partial charge in [-0.2, -0.15) is 0 Å². The maximum atomic E-state index is 5.38. The summed E-state index contributed by atoms with van der Waals surface area (Å²) < 4.78 is 5.38. The van der Waals surface area contributed by atoms with Crippen LogP contribution in [-0.4, -0.2) is 12.1 Å². The number of para-hydroxylation sites is 1. The third-order valence-corrected chi connectivity index (χ3v) is 2.97. The van der Waals surface area contributed by atoms with Crippen molar-refractivity contribution >= 4 is 10.9 Å². The second-order valence-electron chi connectivity index (χ2n) is 3.98. The van der Waals surface area contributed by atoms with Crippen molar-refractivity contribution < 1.29 is 4.74 Å². The van der Waals surface area contributed by atoms with Crippen LogP contribution in [0.4, 0.5) is 0 Å². The minimum atomic E-state index is 0.901. The smallest absolute Gasteiger partial charge is 0.126 e. The summed E-state index contributed by atoms with van der Waals surface area (Å²) in [6, 6.07) is 16.5. The zero-order valence-corrected chi connectivity index (χ0v) is 9.60. The third kappa shape index (κ3) is 1.68. The van der Waals surface area contributed by atoms with Crippen molar-refractivity contribution in [3.8, 4) is 16.9 Å². The quantitative estimate of drug-likeness (QED) is 0.701. The molecule has 0 aliphatic rings. The molecule has 3 aromatic rings. The van der Waals surface area contributed by atoms with Gasteiger partial charge in [0.15, 0.2) is 0 Å². The molecule has 0 saturated heterocycles. The normalized spacial score (nSPS) is 10.6. The first-order chi connectivity index (χ1) is 8.38. The maximum Gasteiger partial charge on any atom is 0.126 e. The van der Waals surface area contributed by atoms with E-state index < -0.39 is 0 Å². The molecule has 2 nitrogen and oxygen atoms in total. The molecular weight excluding hydrogens is 210 g/mol. The molecule has 0 aliphatic carbocycles. The number of hydrogen-bond donors (Lipinski definition) is 1. The number of ether oxygens (including phenoxy) is 1. The fraction of sp³-hybridized carbons (Fsp3) is 0.0667. The van der Waals surface area contributed by atoms with E-state index in [9.17, 15) is 0 Å². The Morgan fingerprint density at radius 1 is 1.00 bits per heavy atom. The first kappa shape index (κ1) is 9.97. The molecule has 0 amide bonds. The Balaban J connectivity index is 2.19. The molecule has 0 radical (unpaired) electrons. The van der Waals surface area contributed by atoms with Crippen molar-refractivity contribution in [1.29, 1.82) is 0 Å². The number of fused-ring (bicyclic) bond motifs is 1. The highest BCUT2D eigenvalue weighted by atomic mass is 16.5. The van der Waals surface area contributed by atoms with E-state index in [2.05, 4.69) is 35.3 Å². The summed E-state index contributed by atoms with van der Waals surface area (Å²) >= 11 is 0. The number of hydrogen-bond acceptors (Lipinski definition) is 1. The summed E-state index contributed by atoms with van der Waals surface area (Å²) in [5, 5.41) is 1.23. The summed E-state index contributed by atoms with van der Waals surface area (Å²) in [5.74, 6) is 0.901. The molecule has 0 aliphatic heterocycles. The zero-order chi connectivity index (χ0) is 11.7. The summed E-state index contributed by atoms with van der Waals surface area (Å²) in [5.41, 5.74) is 3.43. The number of aromatic amines is 1. The molecule has 17 heavy (non-hydrogen) atoms. The van der Waals surface area contributed by atoms with Crippen LogP contribution in [-0.2, 0) is 0 Å². The van der Waals surface area contributed by atoms with E-state index in [1.54, 1.807) is 7.11 Å². The lowest BCUT2D eigenvalue weighted by Crippen LogP contribution is -1.87. The van der Waals surface area contributed by atoms with Crippen LogP contribution < -0.4 is 4.74 Å². The van der Waals surface area contributed by atoms with Crippen LogP contribution in [0.2, 0.25) is 0 Å². The first-order valence-corrected chi connectivity index (χ1v) is 5.59. The van der Waals surface area contributed by atoms with Crippen molar-refractivity contribution in [2.45, 2.75) is 0 Å². The van der Waals surface area contributed by atoms with E-state index in [1.165, 1.54) is 5.39 Å². The maximum absolute atomic E-state index is 5.38. The molecule has 1 heterocycles. The molecule has 1 N–H and O–H groups in total. The highest BCUT2D eigenvalue weighted by Gasteiger charge is 2.05. The minimum Gasteiger partial charge on any atom is -0.496 e. The Kier molecular flexibility index (Phi) is 2.33. The summed E-state index contributed by atoms with van der Waals surface area (Å²) in [4.78, 5) is 3.23. The predicted octanol–water partition coefficient (Wildman–Crippen LogP) is 3.84. The Bertz CT molecular complexity index is 655. The second-order valence-corrected chi connectivity index (χ2v) is 3.98. The van der Waals surface area contributed by atoms with Gasteiger partial charge in [0.2, 0.25) is 0 Å². The molecule has 0 atom stereocenters. The number of methoxy groups -OCH3 is 1. The number of benzene rings is 2. The lowest BCUT2D eigenvalue weighted by molar-refractivity contribution is 0.416. The van der Waals surface area contributed by atoms with Crippen LogP contribution in [0.25, 0.3) is 22.0 Å². The third-order valence-electron chi connectivity index (χ3n) is 2.97. The van der Waals surface area contributed by atoms with E-state index in [1.807, 2.05) is 24.4 Å². The Morgan fingerprint density at radius 2 is 1.88 bits per heavy atom. The molecule has 2 aromatic carbocycles. The lowest BCUT2D eigenvalue weighted by atomic mass is 10.0. The number of nitrogens with one attached hydrogen (secondary N) is 1. The Labute approximate surface area is 99.9 Å². The molecule has 1 aromatic heterocycles. The zero-order valence-electron chi connectivity index (χ0n) is 9.60. The molecule has 3 rings (SSSR count). The van der Waals surface area contributed by atoms with Gasteiger partial charge in [0.1, 0.15) is 5.75 Å². The van der Waals surface area contributed by atoms with E-state index in [4.69, 9.17) is 4.74 Å². The van der Waals surface area contributed by atoms with Gasteiger partial charge >= 0.3 is 0 Å². The highest BCUT2D eigenvalue weighted by Crippen LogP contribution is 2.31. The lowest BCUT2D eigenvalue weighted by Gasteiger charge is -2.08. The van der Waals surface area contributed by atoms with Gasteiger partial charge < -0.3 is 9.72 Å². The largest absolute Gasteiger partial charge is 0.496 e. The molecular formula is C15H13NO. The van der Waals surface area contributed by atoms with Gasteiger partial charge in [0.05, 0.1) is 7.11 Å². The molecule has 0 fully saturated rings. The van der Waals surface area contributed by atoms with Crippen LogP contribution in [0.3, 0.4) is 0 Å². The molecule has 0 spiro atoms. The van der Waals surface area contributed by atoms with Crippen molar-refractivity contribution in [1.82, 2.24) is 4.98 Å². The van der Waals surface area contributed by atoms with Gasteiger partial charge in [-0.15, -0.1) is 0 Å². The monoisotopic (exact) mass is 223 g/mol. The summed E-state index contributed by atoms with van der Waals surface area (Å²) in [6.07, 6.45) is 1.96. The van der Waals surface area contributed by atoms with Gasteiger partial charge in [0, 0.05) is 17.3 Å². The van der Waals surface area contributed by atoms with Crippen molar-refractivity contribution in [2.24, 2.45) is 0 Å². The molecule has 0 saturated carbocycles. The van der Waals surface area contributed by atoms with E-state index in [0.717, 1.165) is 22.4 Å². The number of rotatable bonds is 2. The molecule has 84 valence electrons. The van der Waals surface area contributed by atoms with E-state index >= 15 is 0 Å². The number of H-pyrrole nitrogens is 1. The Hall–Kier alpha value is -2.22. The highest BCUT2D eigenvalue weighted by molar-refractivity contribution is 5.85. The second kappa shape index (κ2) is 3.98. The van der Waals surface area contributed by atoms with Crippen LogP contribution in [0.5, 0.6) is 5.75 Å². The molecule has 0 bridgehead atoms. The van der Waals surface area contributed by atoms with E-state index in [0.29, 0.717) is 0 Å². The fourth-order valence-electron chi connectivity index (χ4n) is 2.10. The van der Waals surface area contributed by atoms with E-state index in [-0.39, 0.29) is 0 Å². The summed E-state index contributed by atoms with van der Waals surface area (Å²) in [7, 11) is 1.70. The van der Waals surface area contributed by atoms with Crippen LogP contribution >= 0.6 is 0 Å². The average molecular weight is 223 g/mol. The average Bonchev–Trinajstić information content (AvgIpc) is 2.85. The van der Waals surface area contributed by atoms with Crippen LogP contribution in [0.1, 0.15) is 0 Å². The van der Waals surface area contributed by atoms with Gasteiger partial charge in [-0.3, -0.25) is 0 Å². The topological polar surface area (TPSA) is 25.0 Å². The standard InChI is InChI=1S/C15H13NO/c1-17-15-5-3-2-4-13(15)12-7-6-11-8-9-16-14(11)10-12/h2-10,16H,1H3. The van der Waals surface area contributed by atoms with Gasteiger partial charge in [-0.25, -0.2) is 0 Å². The van der Waals surface area contributed by atoms with Gasteiger partial charge in [-0.1, -0.05) is 30.3 Å². The van der Waals surface area contributed by atoms with Crippen molar-refractivity contribution in [2.75, 3.05) is 7.11 Å². The minimum absolute atomic E-state index is 0.901. The van der Waals surface area contributed by atoms with Crippen molar-refractivity contribution in [3.63, 3.8) is 0 Å². The number of aromatic nitrogens is 1. The van der Waals surface area contributed by atoms with Gasteiger partial charge in [-0.05, 0) is 29.1 Å². The van der Waals surface area contributed by atoms with Crippen LogP contribution in [0, 0.1) is 0 Å². The predicted molar refractivity (Wildman–Crippen MR) is 70.3 cm³/mol. The first-order valence-electron chi connectivity index (χ1n) is 5.59. The van der Waals surface area contributed by atoms with Crippen LogP contribution in [0.15, 0.2) is 54.7 Å². The van der Waals surface area contributed by atoms with Gasteiger partial charge in [0.25, 0.3) is 0 Å². The summed E-state index contributed by atoms with van der Waals surface area (Å²) in [6.45, 7) is 0.